The van der Waals surface area contributed by atoms with E-state index in [0.29, 0.717) is 19.3 Å². The summed E-state index contributed by atoms with van der Waals surface area (Å²) < 4.78 is 0. The standard InChI is InChI=1S/C31H39N3O5/c32-26(19-23-14-16-24(35)17-15-23)29(37)13-7-12-28(36)25(18-21-8-3-1-4-9-21)31(39)34-27(30(33)38)20-22-10-5-2-6-11-22/h1-6,8-11,14-17,25-29,35-37H,7,12-13,18-20,32H2,(H2,33,38)(H,34,39). The Morgan fingerprint density at radius 1 is 0.718 bits per heavy atom. The van der Waals surface area contributed by atoms with Crippen LogP contribution in [0.5, 0.6) is 5.75 Å². The van der Waals surface area contributed by atoms with E-state index in [-0.39, 0.29) is 25.0 Å². The molecule has 0 aliphatic carbocycles. The SMILES string of the molecule is NC(=O)C(Cc1ccccc1)NC(=O)C(Cc1ccccc1)C(O)CCCC(O)C(N)Cc1ccc(O)cc1. The number of aromatic hydroxyl groups is 1. The molecule has 0 saturated carbocycles. The van der Waals surface area contributed by atoms with E-state index in [0.717, 1.165) is 16.7 Å². The van der Waals surface area contributed by atoms with Crippen LogP contribution in [0.1, 0.15) is 36.0 Å². The summed E-state index contributed by atoms with van der Waals surface area (Å²) in [6.45, 7) is 0. The fourth-order valence-corrected chi connectivity index (χ4v) is 4.61. The van der Waals surface area contributed by atoms with Crippen molar-refractivity contribution in [2.24, 2.45) is 17.4 Å². The van der Waals surface area contributed by atoms with Gasteiger partial charge in [0.25, 0.3) is 0 Å². The Kier molecular flexibility index (Phi) is 11.5. The van der Waals surface area contributed by atoms with E-state index < -0.39 is 42.0 Å². The molecule has 0 saturated heterocycles. The van der Waals surface area contributed by atoms with Gasteiger partial charge in [0.2, 0.25) is 11.8 Å². The van der Waals surface area contributed by atoms with Crippen LogP contribution in [0.15, 0.2) is 84.9 Å². The third kappa shape index (κ3) is 9.83. The topological polar surface area (TPSA) is 159 Å². The lowest BCUT2D eigenvalue weighted by atomic mass is 9.89. The first-order chi connectivity index (χ1) is 18.7. The van der Waals surface area contributed by atoms with Crippen LogP contribution in [0.25, 0.3) is 0 Å². The van der Waals surface area contributed by atoms with Crippen molar-refractivity contribution < 1.29 is 24.9 Å². The van der Waals surface area contributed by atoms with Crippen LogP contribution >= 0.6 is 0 Å². The Morgan fingerprint density at radius 3 is 1.79 bits per heavy atom. The molecule has 0 aliphatic rings. The number of carbonyl (C=O) groups excluding carboxylic acids is 2. The number of primary amides is 1. The van der Waals surface area contributed by atoms with Crippen molar-refractivity contribution in [3.05, 3.63) is 102 Å². The van der Waals surface area contributed by atoms with Crippen molar-refractivity contribution in [1.29, 1.82) is 0 Å². The highest BCUT2D eigenvalue weighted by Gasteiger charge is 2.30. The number of hydrogen-bond donors (Lipinski definition) is 6. The molecule has 8 N–H and O–H groups in total. The van der Waals surface area contributed by atoms with Crippen molar-refractivity contribution in [3.63, 3.8) is 0 Å². The molecule has 8 heteroatoms. The zero-order chi connectivity index (χ0) is 28.2. The first-order valence-electron chi connectivity index (χ1n) is 13.3. The van der Waals surface area contributed by atoms with Gasteiger partial charge in [-0.2, -0.15) is 0 Å². The number of nitrogens with two attached hydrogens (primary N) is 2. The van der Waals surface area contributed by atoms with Crippen LogP contribution < -0.4 is 16.8 Å². The smallest absolute Gasteiger partial charge is 0.240 e. The van der Waals surface area contributed by atoms with Gasteiger partial charge in [-0.1, -0.05) is 72.8 Å². The molecule has 5 unspecified atom stereocenters. The maximum absolute atomic E-state index is 13.4. The fraction of sp³-hybridized carbons (Fsp3) is 0.355. The Bertz CT molecular complexity index is 1160. The van der Waals surface area contributed by atoms with Gasteiger partial charge >= 0.3 is 0 Å². The number of rotatable bonds is 15. The lowest BCUT2D eigenvalue weighted by Crippen LogP contribution is -2.50. The summed E-state index contributed by atoms with van der Waals surface area (Å²) in [5.41, 5.74) is 14.4. The molecule has 5 atom stereocenters. The van der Waals surface area contributed by atoms with E-state index in [1.807, 2.05) is 60.7 Å². The number of carbonyl (C=O) groups is 2. The van der Waals surface area contributed by atoms with E-state index in [2.05, 4.69) is 5.32 Å². The Morgan fingerprint density at radius 2 is 1.23 bits per heavy atom. The zero-order valence-corrected chi connectivity index (χ0v) is 22.0. The molecule has 2 amide bonds. The molecule has 0 bridgehead atoms. The summed E-state index contributed by atoms with van der Waals surface area (Å²) in [6, 6.07) is 23.9. The number of aliphatic hydroxyl groups is 2. The van der Waals surface area contributed by atoms with E-state index in [1.165, 1.54) is 0 Å². The minimum absolute atomic E-state index is 0.165. The Hall–Kier alpha value is -3.72. The average molecular weight is 534 g/mol. The Labute approximate surface area is 229 Å². The first kappa shape index (κ1) is 29.8. The number of hydrogen-bond acceptors (Lipinski definition) is 6. The van der Waals surface area contributed by atoms with E-state index in [4.69, 9.17) is 11.5 Å². The number of phenols is 1. The molecule has 8 nitrogen and oxygen atoms in total. The van der Waals surface area contributed by atoms with Gasteiger partial charge in [-0.3, -0.25) is 9.59 Å². The summed E-state index contributed by atoms with van der Waals surface area (Å²) in [5.74, 6) is -1.74. The maximum atomic E-state index is 13.4. The molecule has 39 heavy (non-hydrogen) atoms. The van der Waals surface area contributed by atoms with E-state index >= 15 is 0 Å². The van der Waals surface area contributed by atoms with Crippen molar-refractivity contribution >= 4 is 11.8 Å². The van der Waals surface area contributed by atoms with Gasteiger partial charge in [0.1, 0.15) is 11.8 Å². The van der Waals surface area contributed by atoms with Crippen LogP contribution in [0, 0.1) is 5.92 Å². The molecule has 0 aliphatic heterocycles. The minimum Gasteiger partial charge on any atom is -0.508 e. The van der Waals surface area contributed by atoms with Gasteiger partial charge in [0.15, 0.2) is 0 Å². The van der Waals surface area contributed by atoms with Gasteiger partial charge in [-0.15, -0.1) is 0 Å². The second-order valence-corrected chi connectivity index (χ2v) is 10.0. The van der Waals surface area contributed by atoms with Gasteiger partial charge in [-0.05, 0) is 60.9 Å². The van der Waals surface area contributed by atoms with Crippen LogP contribution in [0.3, 0.4) is 0 Å². The molecule has 0 heterocycles. The summed E-state index contributed by atoms with van der Waals surface area (Å²) in [6.07, 6.45) is 0.261. The molecule has 3 rings (SSSR count). The second kappa shape index (κ2) is 15.0. The molecule has 0 fully saturated rings. The summed E-state index contributed by atoms with van der Waals surface area (Å²) in [5, 5.41) is 33.8. The molecular weight excluding hydrogens is 494 g/mol. The number of benzene rings is 3. The normalized spacial score (nSPS) is 15.1. The highest BCUT2D eigenvalue weighted by atomic mass is 16.3. The van der Waals surface area contributed by atoms with Crippen molar-refractivity contribution in [3.8, 4) is 5.75 Å². The Balaban J connectivity index is 1.60. The van der Waals surface area contributed by atoms with Crippen LogP contribution in [-0.4, -0.2) is 51.4 Å². The van der Waals surface area contributed by atoms with Crippen LogP contribution in [0.4, 0.5) is 0 Å². The van der Waals surface area contributed by atoms with Gasteiger partial charge in [0, 0.05) is 12.5 Å². The van der Waals surface area contributed by atoms with E-state index in [1.54, 1.807) is 24.3 Å². The molecule has 0 spiro atoms. The highest BCUT2D eigenvalue weighted by molar-refractivity contribution is 5.88. The number of nitrogens with one attached hydrogen (secondary N) is 1. The predicted octanol–water partition coefficient (Wildman–Crippen LogP) is 2.23. The molecule has 0 aromatic heterocycles. The summed E-state index contributed by atoms with van der Waals surface area (Å²) in [7, 11) is 0. The zero-order valence-electron chi connectivity index (χ0n) is 22.0. The lowest BCUT2D eigenvalue weighted by molar-refractivity contribution is -0.132. The fourth-order valence-electron chi connectivity index (χ4n) is 4.61. The van der Waals surface area contributed by atoms with Crippen molar-refractivity contribution in [2.75, 3.05) is 0 Å². The lowest BCUT2D eigenvalue weighted by Gasteiger charge is -2.26. The minimum atomic E-state index is -1.00. The largest absolute Gasteiger partial charge is 0.508 e. The van der Waals surface area contributed by atoms with Gasteiger partial charge in [-0.25, -0.2) is 0 Å². The van der Waals surface area contributed by atoms with Crippen LogP contribution in [-0.2, 0) is 28.9 Å². The van der Waals surface area contributed by atoms with Crippen molar-refractivity contribution in [2.45, 2.75) is 62.8 Å². The van der Waals surface area contributed by atoms with Crippen LogP contribution in [0.2, 0.25) is 0 Å². The maximum Gasteiger partial charge on any atom is 0.240 e. The third-order valence-corrected chi connectivity index (χ3v) is 6.94. The highest BCUT2D eigenvalue weighted by Crippen LogP contribution is 2.20. The quantitative estimate of drug-likeness (QED) is 0.176. The summed E-state index contributed by atoms with van der Waals surface area (Å²) in [4.78, 5) is 25.5. The third-order valence-electron chi connectivity index (χ3n) is 6.94. The van der Waals surface area contributed by atoms with Gasteiger partial charge in [0.05, 0.1) is 18.1 Å². The number of aliphatic hydroxyl groups excluding tert-OH is 2. The predicted molar refractivity (Wildman–Crippen MR) is 151 cm³/mol. The van der Waals surface area contributed by atoms with E-state index in [9.17, 15) is 24.9 Å². The van der Waals surface area contributed by atoms with Gasteiger partial charge < -0.3 is 32.1 Å². The molecule has 3 aromatic carbocycles. The first-order valence-corrected chi connectivity index (χ1v) is 13.3. The average Bonchev–Trinajstić information content (AvgIpc) is 2.93. The number of amides is 2. The monoisotopic (exact) mass is 533 g/mol. The molecule has 0 radical (unpaired) electrons. The second-order valence-electron chi connectivity index (χ2n) is 10.0. The molecule has 3 aromatic rings. The number of phenolic OH excluding ortho intramolecular Hbond substituents is 1. The summed E-state index contributed by atoms with van der Waals surface area (Å²) >= 11 is 0. The van der Waals surface area contributed by atoms with Crippen molar-refractivity contribution in [1.82, 2.24) is 5.32 Å². The molecular formula is C31H39N3O5. The molecule has 208 valence electrons.